The molecule has 1 amide bonds. The summed E-state index contributed by atoms with van der Waals surface area (Å²) in [5.74, 6) is 2.09. The molecule has 1 saturated carbocycles. The van der Waals surface area contributed by atoms with Crippen molar-refractivity contribution < 1.29 is 14.3 Å². The van der Waals surface area contributed by atoms with E-state index in [9.17, 15) is 4.79 Å². The van der Waals surface area contributed by atoms with Crippen LogP contribution in [0.1, 0.15) is 53.4 Å². The lowest BCUT2D eigenvalue weighted by Crippen LogP contribution is -2.39. The highest BCUT2D eigenvalue weighted by molar-refractivity contribution is 5.67. The number of hydrogen-bond donors (Lipinski definition) is 2. The van der Waals surface area contributed by atoms with E-state index in [0.29, 0.717) is 32.3 Å². The van der Waals surface area contributed by atoms with Crippen LogP contribution in [-0.4, -0.2) is 46.1 Å². The Bertz CT molecular complexity index is 486. The zero-order chi connectivity index (χ0) is 19.9. The summed E-state index contributed by atoms with van der Waals surface area (Å²) >= 11 is 0. The van der Waals surface area contributed by atoms with Crippen molar-refractivity contribution in [2.45, 2.75) is 53.4 Å². The smallest absolute Gasteiger partial charge is 0.407 e. The van der Waals surface area contributed by atoms with Gasteiger partial charge in [-0.2, -0.15) is 0 Å². The van der Waals surface area contributed by atoms with E-state index in [4.69, 9.17) is 9.47 Å². The van der Waals surface area contributed by atoms with Crippen molar-refractivity contribution in [3.8, 4) is 0 Å². The fourth-order valence-electron chi connectivity index (χ4n) is 4.16. The number of alkyl carbamates (subject to hydrolysis) is 1. The Morgan fingerprint density at radius 2 is 1.56 bits per heavy atom. The molecule has 0 aromatic carbocycles. The van der Waals surface area contributed by atoms with Gasteiger partial charge in [-0.25, -0.2) is 4.79 Å². The van der Waals surface area contributed by atoms with Crippen LogP contribution in [0.3, 0.4) is 0 Å². The molecule has 2 N–H and O–H groups in total. The van der Waals surface area contributed by atoms with Gasteiger partial charge in [0.05, 0.1) is 19.8 Å². The van der Waals surface area contributed by atoms with Crippen molar-refractivity contribution in [1.82, 2.24) is 10.6 Å². The molecule has 27 heavy (non-hydrogen) atoms. The summed E-state index contributed by atoms with van der Waals surface area (Å²) in [4.78, 5) is 12.1. The van der Waals surface area contributed by atoms with Crippen LogP contribution in [0.2, 0.25) is 0 Å². The molecule has 0 heterocycles. The van der Waals surface area contributed by atoms with E-state index in [-0.39, 0.29) is 16.9 Å². The lowest BCUT2D eigenvalue weighted by Gasteiger charge is -2.29. The van der Waals surface area contributed by atoms with Gasteiger partial charge in [-0.05, 0) is 50.5 Å². The van der Waals surface area contributed by atoms with Crippen LogP contribution < -0.4 is 10.6 Å². The summed E-state index contributed by atoms with van der Waals surface area (Å²) in [7, 11) is 1.96. The molecule has 0 spiro atoms. The maximum absolute atomic E-state index is 12.1. The quantitative estimate of drug-likeness (QED) is 0.563. The highest BCUT2D eigenvalue weighted by Gasteiger charge is 2.49. The first kappa shape index (κ1) is 22.2. The molecule has 2 aliphatic rings. The van der Waals surface area contributed by atoms with Crippen molar-refractivity contribution in [2.75, 3.05) is 40.0 Å². The van der Waals surface area contributed by atoms with Gasteiger partial charge in [0, 0.05) is 23.9 Å². The lowest BCUT2D eigenvalue weighted by molar-refractivity contribution is 0.0159. The summed E-state index contributed by atoms with van der Waals surface area (Å²) in [5, 5.41) is 6.11. The number of hydrogen-bond acceptors (Lipinski definition) is 4. The Balaban J connectivity index is 1.60. The second kappa shape index (κ2) is 9.92. The number of allylic oxidation sites excluding steroid dienone is 2. The van der Waals surface area contributed by atoms with E-state index >= 15 is 0 Å². The second-order valence-electron chi connectivity index (χ2n) is 9.92. The first-order chi connectivity index (χ1) is 12.7. The van der Waals surface area contributed by atoms with Crippen molar-refractivity contribution in [3.63, 3.8) is 0 Å². The third kappa shape index (κ3) is 7.82. The van der Waals surface area contributed by atoms with Gasteiger partial charge in [-0.1, -0.05) is 39.8 Å². The van der Waals surface area contributed by atoms with E-state index in [1.54, 1.807) is 0 Å². The summed E-state index contributed by atoms with van der Waals surface area (Å²) in [6, 6.07) is 0. The Kier molecular flexibility index (Phi) is 8.17. The normalized spacial score (nSPS) is 26.5. The monoisotopic (exact) mass is 380 g/mol. The van der Waals surface area contributed by atoms with E-state index in [1.165, 1.54) is 25.7 Å². The highest BCUT2D eigenvalue weighted by atomic mass is 16.5. The Morgan fingerprint density at radius 1 is 1.00 bits per heavy atom. The van der Waals surface area contributed by atoms with Crippen LogP contribution in [0.5, 0.6) is 0 Å². The minimum absolute atomic E-state index is 0.103. The zero-order valence-corrected chi connectivity index (χ0v) is 18.0. The van der Waals surface area contributed by atoms with Gasteiger partial charge in [0.1, 0.15) is 0 Å². The van der Waals surface area contributed by atoms with Gasteiger partial charge in [0.2, 0.25) is 0 Å². The molecular weight excluding hydrogens is 340 g/mol. The number of rotatable bonds is 10. The lowest BCUT2D eigenvalue weighted by atomic mass is 9.93. The fourth-order valence-corrected chi connectivity index (χ4v) is 4.16. The predicted molar refractivity (Wildman–Crippen MR) is 110 cm³/mol. The maximum Gasteiger partial charge on any atom is 0.407 e. The van der Waals surface area contributed by atoms with Crippen LogP contribution in [-0.2, 0) is 9.47 Å². The van der Waals surface area contributed by atoms with E-state index < -0.39 is 0 Å². The Morgan fingerprint density at radius 3 is 2.11 bits per heavy atom. The summed E-state index contributed by atoms with van der Waals surface area (Å²) < 4.78 is 11.4. The molecular formula is C22H40N2O3. The largest absolute Gasteiger partial charge is 0.449 e. The van der Waals surface area contributed by atoms with Crippen LogP contribution in [0, 0.1) is 28.6 Å². The molecule has 0 aromatic heterocycles. The standard InChI is InChI=1S/C22H40N2O3/c1-21(2,13-23-5)15-26-16-22(3,4)14-24-20(25)27-12-19-17-10-8-6-7-9-11-18(17)19/h6-7,17-19,23H,8-16H2,1-5H3,(H,24,25)/b7-6-/t17-,18+,19?. The topological polar surface area (TPSA) is 59.6 Å². The number of fused-ring (bicyclic) bond motifs is 1. The third-order valence-corrected chi connectivity index (χ3v) is 5.77. The Labute approximate surface area is 165 Å². The van der Waals surface area contributed by atoms with E-state index in [0.717, 1.165) is 18.4 Å². The van der Waals surface area contributed by atoms with Gasteiger partial charge in [0.25, 0.3) is 0 Å². The van der Waals surface area contributed by atoms with Gasteiger partial charge in [-0.15, -0.1) is 0 Å². The molecule has 3 atom stereocenters. The van der Waals surface area contributed by atoms with Crippen molar-refractivity contribution in [3.05, 3.63) is 12.2 Å². The van der Waals surface area contributed by atoms with Crippen molar-refractivity contribution in [2.24, 2.45) is 28.6 Å². The molecule has 0 aliphatic heterocycles. The molecule has 2 aliphatic carbocycles. The second-order valence-corrected chi connectivity index (χ2v) is 9.92. The fraction of sp³-hybridized carbons (Fsp3) is 0.864. The van der Waals surface area contributed by atoms with Crippen molar-refractivity contribution >= 4 is 6.09 Å². The average Bonchev–Trinajstić information content (AvgIpc) is 3.20. The van der Waals surface area contributed by atoms with E-state index in [2.05, 4.69) is 50.5 Å². The molecule has 156 valence electrons. The van der Waals surface area contributed by atoms with Crippen LogP contribution in [0.4, 0.5) is 4.79 Å². The molecule has 5 heteroatoms. The predicted octanol–water partition coefficient (Wildman–Crippen LogP) is 3.99. The molecule has 0 radical (unpaired) electrons. The third-order valence-electron chi connectivity index (χ3n) is 5.77. The molecule has 1 fully saturated rings. The molecule has 0 aromatic rings. The number of amides is 1. The number of carbonyl (C=O) groups is 1. The Hall–Kier alpha value is -1.07. The molecule has 1 unspecified atom stereocenters. The molecule has 0 saturated heterocycles. The molecule has 2 rings (SSSR count). The number of carbonyl (C=O) groups excluding carboxylic acids is 1. The zero-order valence-electron chi connectivity index (χ0n) is 18.0. The SMILES string of the molecule is CNCC(C)(C)COCC(C)(C)CNC(=O)OCC1[C@H]2CC/C=C\CC[C@@H]12. The van der Waals surface area contributed by atoms with Crippen LogP contribution in [0.25, 0.3) is 0 Å². The molecule has 0 bridgehead atoms. The minimum Gasteiger partial charge on any atom is -0.449 e. The first-order valence-electron chi connectivity index (χ1n) is 10.5. The number of ether oxygens (including phenoxy) is 2. The first-order valence-corrected chi connectivity index (χ1v) is 10.5. The minimum atomic E-state index is -0.295. The molecule has 5 nitrogen and oxygen atoms in total. The summed E-state index contributed by atoms with van der Waals surface area (Å²) in [6.45, 7) is 11.9. The van der Waals surface area contributed by atoms with Crippen LogP contribution in [0.15, 0.2) is 12.2 Å². The summed E-state index contributed by atoms with van der Waals surface area (Å²) in [5.41, 5.74) is -0.0185. The van der Waals surface area contributed by atoms with E-state index in [1.807, 2.05) is 7.05 Å². The van der Waals surface area contributed by atoms with Gasteiger partial charge < -0.3 is 20.1 Å². The summed E-state index contributed by atoms with van der Waals surface area (Å²) in [6.07, 6.45) is 9.12. The maximum atomic E-state index is 12.1. The average molecular weight is 381 g/mol. The number of nitrogens with one attached hydrogen (secondary N) is 2. The van der Waals surface area contributed by atoms with Crippen LogP contribution >= 0.6 is 0 Å². The van der Waals surface area contributed by atoms with Gasteiger partial charge in [-0.3, -0.25) is 0 Å². The highest BCUT2D eigenvalue weighted by Crippen LogP contribution is 2.52. The van der Waals surface area contributed by atoms with Gasteiger partial charge in [0.15, 0.2) is 0 Å². The van der Waals surface area contributed by atoms with Crippen molar-refractivity contribution in [1.29, 1.82) is 0 Å². The van der Waals surface area contributed by atoms with Gasteiger partial charge >= 0.3 is 6.09 Å².